The first-order valence-corrected chi connectivity index (χ1v) is 10.4. The van der Waals surface area contributed by atoms with Crippen LogP contribution in [-0.4, -0.2) is 36.7 Å². The lowest BCUT2D eigenvalue weighted by molar-refractivity contribution is -0.152. The highest BCUT2D eigenvalue weighted by molar-refractivity contribution is 6.28. The van der Waals surface area contributed by atoms with Crippen molar-refractivity contribution in [3.05, 3.63) is 94.3 Å². The molecule has 7 nitrogen and oxygen atoms in total. The van der Waals surface area contributed by atoms with Gasteiger partial charge in [-0.05, 0) is 42.8 Å². The molecule has 0 saturated heterocycles. The number of fused-ring (bicyclic) bond motifs is 2. The molecule has 8 heteroatoms. The summed E-state index contributed by atoms with van der Waals surface area (Å²) in [5.41, 5.74) is 1.74. The third-order valence-corrected chi connectivity index (χ3v) is 5.43. The second-order valence-electron chi connectivity index (χ2n) is 7.73. The maximum absolute atomic E-state index is 13.8. The monoisotopic (exact) mass is 461 g/mol. The van der Waals surface area contributed by atoms with E-state index in [1.165, 1.54) is 44.4 Å². The number of anilines is 1. The van der Waals surface area contributed by atoms with Crippen LogP contribution in [-0.2, 0) is 20.7 Å². The Morgan fingerprint density at radius 3 is 2.21 bits per heavy atom. The first-order valence-electron chi connectivity index (χ1n) is 10.4. The van der Waals surface area contributed by atoms with E-state index in [1.807, 2.05) is 0 Å². The Bertz CT molecular complexity index is 1330. The molecule has 3 aromatic carbocycles. The SMILES string of the molecule is COc1ccc(CC(=O)OC(C)C(=O)Nc2ccc3c(c2)C(=O)c2ccccc2C3=O)cc1F. The summed E-state index contributed by atoms with van der Waals surface area (Å²) in [7, 11) is 1.34. The molecule has 172 valence electrons. The number of esters is 1. The zero-order valence-electron chi connectivity index (χ0n) is 18.4. The summed E-state index contributed by atoms with van der Waals surface area (Å²) in [4.78, 5) is 50.3. The molecule has 4 rings (SSSR count). The van der Waals surface area contributed by atoms with Crippen molar-refractivity contribution in [1.29, 1.82) is 0 Å². The Morgan fingerprint density at radius 2 is 1.56 bits per heavy atom. The fourth-order valence-corrected chi connectivity index (χ4v) is 3.70. The van der Waals surface area contributed by atoms with Gasteiger partial charge in [0.05, 0.1) is 13.5 Å². The first kappa shape index (κ1) is 22.8. The molecule has 1 atom stereocenters. The topological polar surface area (TPSA) is 98.8 Å². The van der Waals surface area contributed by atoms with Gasteiger partial charge in [0.1, 0.15) is 0 Å². The lowest BCUT2D eigenvalue weighted by Gasteiger charge is -2.19. The van der Waals surface area contributed by atoms with Crippen molar-refractivity contribution in [1.82, 2.24) is 0 Å². The highest BCUT2D eigenvalue weighted by Gasteiger charge is 2.29. The summed E-state index contributed by atoms with van der Waals surface area (Å²) in [6, 6.07) is 15.1. The van der Waals surface area contributed by atoms with Crippen LogP contribution in [0.1, 0.15) is 44.3 Å². The number of nitrogens with one attached hydrogen (secondary N) is 1. The van der Waals surface area contributed by atoms with Gasteiger partial charge in [0.25, 0.3) is 5.91 Å². The van der Waals surface area contributed by atoms with Crippen molar-refractivity contribution in [2.45, 2.75) is 19.4 Å². The number of methoxy groups -OCH3 is 1. The van der Waals surface area contributed by atoms with Crippen molar-refractivity contribution in [2.24, 2.45) is 0 Å². The van der Waals surface area contributed by atoms with Crippen molar-refractivity contribution in [3.8, 4) is 5.75 Å². The van der Waals surface area contributed by atoms with Crippen LogP contribution in [0.15, 0.2) is 60.7 Å². The third kappa shape index (κ3) is 4.43. The van der Waals surface area contributed by atoms with Gasteiger partial charge in [-0.25, -0.2) is 4.39 Å². The van der Waals surface area contributed by atoms with Crippen molar-refractivity contribution < 1.29 is 33.0 Å². The molecular formula is C26H20FNO6. The Labute approximate surface area is 194 Å². The Balaban J connectivity index is 1.42. The summed E-state index contributed by atoms with van der Waals surface area (Å²) in [6.07, 6.45) is -1.38. The molecule has 0 saturated carbocycles. The quantitative estimate of drug-likeness (QED) is 0.440. The normalized spacial score (nSPS) is 12.9. The van der Waals surface area contributed by atoms with E-state index >= 15 is 0 Å². The van der Waals surface area contributed by atoms with Crippen LogP contribution >= 0.6 is 0 Å². The van der Waals surface area contributed by atoms with E-state index in [1.54, 1.807) is 24.3 Å². The van der Waals surface area contributed by atoms with Crippen LogP contribution < -0.4 is 10.1 Å². The predicted molar refractivity (Wildman–Crippen MR) is 121 cm³/mol. The van der Waals surface area contributed by atoms with Gasteiger partial charge in [0, 0.05) is 27.9 Å². The highest BCUT2D eigenvalue weighted by atomic mass is 19.1. The van der Waals surface area contributed by atoms with E-state index < -0.39 is 23.8 Å². The molecule has 1 aliphatic rings. The van der Waals surface area contributed by atoms with Crippen LogP contribution in [0.3, 0.4) is 0 Å². The number of carbonyl (C=O) groups is 4. The van der Waals surface area contributed by atoms with Gasteiger partial charge in [0.2, 0.25) is 0 Å². The number of benzene rings is 3. The molecule has 0 radical (unpaired) electrons. The fourth-order valence-electron chi connectivity index (χ4n) is 3.70. The van der Waals surface area contributed by atoms with Gasteiger partial charge in [-0.2, -0.15) is 0 Å². The second-order valence-corrected chi connectivity index (χ2v) is 7.73. The van der Waals surface area contributed by atoms with Crippen LogP contribution in [0.4, 0.5) is 10.1 Å². The molecule has 0 spiro atoms. The zero-order valence-corrected chi connectivity index (χ0v) is 18.4. The van der Waals surface area contributed by atoms with Gasteiger partial charge in [-0.3, -0.25) is 19.2 Å². The second kappa shape index (κ2) is 9.27. The summed E-state index contributed by atoms with van der Waals surface area (Å²) < 4.78 is 23.8. The molecule has 34 heavy (non-hydrogen) atoms. The molecule has 0 fully saturated rings. The van der Waals surface area contributed by atoms with Crippen molar-refractivity contribution >= 4 is 29.1 Å². The third-order valence-electron chi connectivity index (χ3n) is 5.43. The van der Waals surface area contributed by atoms with Crippen molar-refractivity contribution in [3.63, 3.8) is 0 Å². The minimum Gasteiger partial charge on any atom is -0.494 e. The van der Waals surface area contributed by atoms with Crippen LogP contribution in [0.25, 0.3) is 0 Å². The van der Waals surface area contributed by atoms with Gasteiger partial charge < -0.3 is 14.8 Å². The highest BCUT2D eigenvalue weighted by Crippen LogP contribution is 2.29. The molecular weight excluding hydrogens is 441 g/mol. The molecule has 0 heterocycles. The maximum Gasteiger partial charge on any atom is 0.311 e. The summed E-state index contributed by atoms with van der Waals surface area (Å²) in [5, 5.41) is 2.59. The Hall–Kier alpha value is -4.33. The van der Waals surface area contributed by atoms with Crippen molar-refractivity contribution in [2.75, 3.05) is 12.4 Å². The van der Waals surface area contributed by atoms with E-state index in [0.717, 1.165) is 6.07 Å². The van der Waals surface area contributed by atoms with Gasteiger partial charge in [-0.15, -0.1) is 0 Å². The van der Waals surface area contributed by atoms with E-state index in [9.17, 15) is 23.6 Å². The Kier molecular flexibility index (Phi) is 6.23. The summed E-state index contributed by atoms with van der Waals surface area (Å²) in [5.74, 6) is -2.47. The lowest BCUT2D eigenvalue weighted by atomic mass is 9.84. The summed E-state index contributed by atoms with van der Waals surface area (Å²) in [6.45, 7) is 1.39. The number of hydrogen-bond acceptors (Lipinski definition) is 6. The Morgan fingerprint density at radius 1 is 0.912 bits per heavy atom. The van der Waals surface area contributed by atoms with E-state index in [-0.39, 0.29) is 40.6 Å². The molecule has 3 aromatic rings. The molecule has 1 unspecified atom stereocenters. The van der Waals surface area contributed by atoms with Crippen LogP contribution in [0, 0.1) is 5.82 Å². The zero-order chi connectivity index (χ0) is 24.4. The van der Waals surface area contributed by atoms with E-state index in [4.69, 9.17) is 9.47 Å². The predicted octanol–water partition coefficient (Wildman–Crippen LogP) is 3.72. The number of hydrogen-bond donors (Lipinski definition) is 1. The standard InChI is InChI=1S/C26H20FNO6/c1-14(34-23(29)12-15-7-10-22(33-2)21(27)11-15)26(32)28-16-8-9-19-20(13-16)25(31)18-6-4-3-5-17(18)24(19)30/h3-11,13-14H,12H2,1-2H3,(H,28,32). The number of ether oxygens (including phenoxy) is 2. The minimum absolute atomic E-state index is 0.0542. The molecule has 0 aliphatic heterocycles. The molecule has 0 bridgehead atoms. The van der Waals surface area contributed by atoms with Gasteiger partial charge in [-0.1, -0.05) is 30.3 Å². The van der Waals surface area contributed by atoms with Crippen LogP contribution in [0.5, 0.6) is 5.75 Å². The average molecular weight is 461 g/mol. The number of amides is 1. The van der Waals surface area contributed by atoms with E-state index in [2.05, 4.69) is 5.32 Å². The van der Waals surface area contributed by atoms with Gasteiger partial charge in [0.15, 0.2) is 29.2 Å². The molecule has 1 amide bonds. The number of ketones is 2. The van der Waals surface area contributed by atoms with E-state index in [0.29, 0.717) is 16.7 Å². The van der Waals surface area contributed by atoms with Gasteiger partial charge >= 0.3 is 5.97 Å². The number of rotatable bonds is 6. The maximum atomic E-state index is 13.8. The number of carbonyl (C=O) groups excluding carboxylic acids is 4. The fraction of sp³-hybridized carbons (Fsp3) is 0.154. The number of halogens is 1. The lowest BCUT2D eigenvalue weighted by Crippen LogP contribution is -2.30. The minimum atomic E-state index is -1.15. The largest absolute Gasteiger partial charge is 0.494 e. The molecule has 1 aliphatic carbocycles. The average Bonchev–Trinajstić information content (AvgIpc) is 2.82. The first-order chi connectivity index (χ1) is 16.3. The van der Waals surface area contributed by atoms with Crippen LogP contribution in [0.2, 0.25) is 0 Å². The summed E-state index contributed by atoms with van der Waals surface area (Å²) >= 11 is 0. The smallest absolute Gasteiger partial charge is 0.311 e. The molecule has 1 N–H and O–H groups in total. The molecule has 0 aromatic heterocycles.